The molecular formula is C20H27N3O+2. The minimum atomic E-state index is 0.0790. The van der Waals surface area contributed by atoms with Crippen LogP contribution >= 0.6 is 0 Å². The molecule has 1 heterocycles. The van der Waals surface area contributed by atoms with E-state index in [0.29, 0.717) is 12.6 Å². The first-order valence-electron chi connectivity index (χ1n) is 8.76. The zero-order valence-electron chi connectivity index (χ0n) is 14.3. The Morgan fingerprint density at radius 3 is 2.67 bits per heavy atom. The highest BCUT2D eigenvalue weighted by atomic mass is 16.1. The van der Waals surface area contributed by atoms with Crippen LogP contribution in [0.4, 0.5) is 5.69 Å². The fourth-order valence-corrected chi connectivity index (χ4v) is 3.33. The Morgan fingerprint density at radius 2 is 1.92 bits per heavy atom. The second-order valence-electron chi connectivity index (χ2n) is 6.77. The number of benzene rings is 2. The summed E-state index contributed by atoms with van der Waals surface area (Å²) in [5, 5.41) is 5.16. The number of amides is 1. The van der Waals surface area contributed by atoms with Crippen molar-refractivity contribution in [2.45, 2.75) is 25.9 Å². The second kappa shape index (κ2) is 8.08. The quantitative estimate of drug-likeness (QED) is 0.705. The summed E-state index contributed by atoms with van der Waals surface area (Å²) >= 11 is 0. The number of carbonyl (C=O) groups excluding carboxylic acids is 1. The lowest BCUT2D eigenvalue weighted by atomic mass is 10.2. The molecule has 0 saturated carbocycles. The lowest BCUT2D eigenvalue weighted by molar-refractivity contribution is -0.910. The van der Waals surface area contributed by atoms with Crippen molar-refractivity contribution in [1.82, 2.24) is 0 Å². The maximum Gasteiger partial charge on any atom is 0.279 e. The second-order valence-corrected chi connectivity index (χ2v) is 6.77. The predicted molar refractivity (Wildman–Crippen MR) is 95.8 cm³/mol. The van der Waals surface area contributed by atoms with Gasteiger partial charge in [0.15, 0.2) is 6.54 Å². The Hall–Kier alpha value is -2.17. The molecule has 126 valence electrons. The molecule has 3 rings (SSSR count). The van der Waals surface area contributed by atoms with Gasteiger partial charge in [-0.15, -0.1) is 0 Å². The van der Waals surface area contributed by atoms with E-state index in [2.05, 4.69) is 41.0 Å². The molecule has 1 saturated heterocycles. The number of likely N-dealkylation sites (tertiary alicyclic amines) is 1. The Balaban J connectivity index is 1.39. The minimum Gasteiger partial charge on any atom is -0.331 e. The van der Waals surface area contributed by atoms with Crippen molar-refractivity contribution in [1.29, 1.82) is 0 Å². The highest BCUT2D eigenvalue weighted by molar-refractivity contribution is 5.91. The monoisotopic (exact) mass is 325 g/mol. The third-order valence-electron chi connectivity index (χ3n) is 4.69. The molecule has 2 aromatic carbocycles. The summed E-state index contributed by atoms with van der Waals surface area (Å²) in [6, 6.07) is 19.1. The number of rotatable bonds is 6. The standard InChI is InChI=1S/C20H25N3O/c1-16-7-9-18(10-8-16)22-20(24)13-21-19-11-12-23(15-19)14-17-5-3-2-4-6-17/h2-10,19,21H,11-15H2,1H3,(H,22,24)/p+2/t19-/m0/s1. The Labute approximate surface area is 143 Å². The van der Waals surface area contributed by atoms with Gasteiger partial charge in [-0.25, -0.2) is 0 Å². The van der Waals surface area contributed by atoms with E-state index in [1.165, 1.54) is 24.1 Å². The van der Waals surface area contributed by atoms with Gasteiger partial charge < -0.3 is 15.5 Å². The summed E-state index contributed by atoms with van der Waals surface area (Å²) in [7, 11) is 0. The molecule has 4 nitrogen and oxygen atoms in total. The number of hydrogen-bond acceptors (Lipinski definition) is 1. The number of nitrogens with two attached hydrogens (primary N) is 1. The first kappa shape index (κ1) is 16.7. The first-order valence-corrected chi connectivity index (χ1v) is 8.76. The zero-order chi connectivity index (χ0) is 16.8. The summed E-state index contributed by atoms with van der Waals surface area (Å²) in [4.78, 5) is 13.7. The van der Waals surface area contributed by atoms with Gasteiger partial charge >= 0.3 is 0 Å². The van der Waals surface area contributed by atoms with Gasteiger partial charge in [-0.2, -0.15) is 0 Å². The van der Waals surface area contributed by atoms with Crippen LogP contribution in [0.2, 0.25) is 0 Å². The average Bonchev–Trinajstić information content (AvgIpc) is 3.03. The molecule has 0 spiro atoms. The highest BCUT2D eigenvalue weighted by Crippen LogP contribution is 2.07. The Morgan fingerprint density at radius 1 is 1.17 bits per heavy atom. The molecule has 1 aliphatic rings. The van der Waals surface area contributed by atoms with Crippen molar-refractivity contribution < 1.29 is 15.0 Å². The summed E-state index contributed by atoms with van der Waals surface area (Å²) in [5.74, 6) is 0.0790. The summed E-state index contributed by atoms with van der Waals surface area (Å²) in [5.41, 5.74) is 3.47. The van der Waals surface area contributed by atoms with Crippen molar-refractivity contribution in [3.63, 3.8) is 0 Å². The molecule has 1 fully saturated rings. The lowest BCUT2D eigenvalue weighted by Crippen LogP contribution is -3.11. The summed E-state index contributed by atoms with van der Waals surface area (Å²) in [6.45, 7) is 5.95. The number of anilines is 1. The van der Waals surface area contributed by atoms with Crippen LogP contribution in [0.3, 0.4) is 0 Å². The van der Waals surface area contributed by atoms with Crippen molar-refractivity contribution >= 4 is 11.6 Å². The van der Waals surface area contributed by atoms with E-state index in [1.807, 2.05) is 31.2 Å². The molecule has 1 aliphatic heterocycles. The molecule has 0 radical (unpaired) electrons. The van der Waals surface area contributed by atoms with Crippen LogP contribution in [0.5, 0.6) is 0 Å². The molecule has 2 atom stereocenters. The van der Waals surface area contributed by atoms with E-state index in [1.54, 1.807) is 4.90 Å². The number of hydrogen-bond donors (Lipinski definition) is 3. The van der Waals surface area contributed by atoms with E-state index >= 15 is 0 Å². The summed E-state index contributed by atoms with van der Waals surface area (Å²) < 4.78 is 0. The molecule has 1 unspecified atom stereocenters. The maximum absolute atomic E-state index is 12.1. The molecule has 4 heteroatoms. The normalized spacial score (nSPS) is 20.0. The molecule has 0 bridgehead atoms. The number of quaternary nitrogens is 2. The van der Waals surface area contributed by atoms with Gasteiger partial charge in [-0.05, 0) is 19.1 Å². The Kier molecular flexibility index (Phi) is 5.62. The van der Waals surface area contributed by atoms with E-state index in [0.717, 1.165) is 18.8 Å². The van der Waals surface area contributed by atoms with Crippen LogP contribution < -0.4 is 15.5 Å². The van der Waals surface area contributed by atoms with Gasteiger partial charge in [0.05, 0.1) is 13.0 Å². The molecule has 1 amide bonds. The fraction of sp³-hybridized carbons (Fsp3) is 0.350. The van der Waals surface area contributed by atoms with E-state index in [9.17, 15) is 4.79 Å². The third kappa shape index (κ3) is 4.91. The van der Waals surface area contributed by atoms with Gasteiger partial charge in [-0.3, -0.25) is 4.79 Å². The zero-order valence-corrected chi connectivity index (χ0v) is 14.3. The van der Waals surface area contributed by atoms with Gasteiger partial charge in [-0.1, -0.05) is 48.0 Å². The number of aryl methyl sites for hydroxylation is 1. The maximum atomic E-state index is 12.1. The molecule has 0 aromatic heterocycles. The van der Waals surface area contributed by atoms with Gasteiger partial charge in [0, 0.05) is 11.3 Å². The van der Waals surface area contributed by atoms with Crippen molar-refractivity contribution in [3.8, 4) is 0 Å². The number of nitrogens with one attached hydrogen (secondary N) is 2. The fourth-order valence-electron chi connectivity index (χ4n) is 3.33. The molecule has 4 N–H and O–H groups in total. The van der Waals surface area contributed by atoms with Crippen LogP contribution in [-0.4, -0.2) is 31.6 Å². The van der Waals surface area contributed by atoms with Crippen LogP contribution in [-0.2, 0) is 11.3 Å². The predicted octanol–water partition coefficient (Wildman–Crippen LogP) is 0.354. The van der Waals surface area contributed by atoms with Crippen molar-refractivity contribution in [2.24, 2.45) is 0 Å². The Bertz CT molecular complexity index is 654. The van der Waals surface area contributed by atoms with Crippen molar-refractivity contribution in [2.75, 3.05) is 25.0 Å². The van der Waals surface area contributed by atoms with E-state index in [4.69, 9.17) is 0 Å². The minimum absolute atomic E-state index is 0.0790. The molecule has 24 heavy (non-hydrogen) atoms. The first-order chi connectivity index (χ1) is 11.7. The lowest BCUT2D eigenvalue weighted by Gasteiger charge is -2.12. The number of carbonyl (C=O) groups is 1. The molecule has 2 aromatic rings. The van der Waals surface area contributed by atoms with Crippen LogP contribution in [0, 0.1) is 6.92 Å². The molecule has 0 aliphatic carbocycles. The van der Waals surface area contributed by atoms with Crippen LogP contribution in [0.1, 0.15) is 17.5 Å². The van der Waals surface area contributed by atoms with E-state index < -0.39 is 0 Å². The average molecular weight is 325 g/mol. The van der Waals surface area contributed by atoms with Gasteiger partial charge in [0.1, 0.15) is 19.1 Å². The summed E-state index contributed by atoms with van der Waals surface area (Å²) in [6.07, 6.45) is 1.18. The largest absolute Gasteiger partial charge is 0.331 e. The molecular weight excluding hydrogens is 298 g/mol. The van der Waals surface area contributed by atoms with Crippen LogP contribution in [0.15, 0.2) is 54.6 Å². The van der Waals surface area contributed by atoms with E-state index in [-0.39, 0.29) is 5.91 Å². The topological polar surface area (TPSA) is 50.1 Å². The highest BCUT2D eigenvalue weighted by Gasteiger charge is 2.29. The SMILES string of the molecule is Cc1ccc(NC(=O)C[NH2+][C@H]2CC[NH+](Cc3ccccc3)C2)cc1. The smallest absolute Gasteiger partial charge is 0.279 e. The van der Waals surface area contributed by atoms with Gasteiger partial charge in [0.25, 0.3) is 5.91 Å². The third-order valence-corrected chi connectivity index (χ3v) is 4.69. The van der Waals surface area contributed by atoms with Crippen LogP contribution in [0.25, 0.3) is 0 Å². The van der Waals surface area contributed by atoms with Crippen molar-refractivity contribution in [3.05, 3.63) is 65.7 Å². The van der Waals surface area contributed by atoms with Gasteiger partial charge in [0.2, 0.25) is 0 Å².